The first-order valence-corrected chi connectivity index (χ1v) is 6.20. The normalized spacial score (nSPS) is 14.1. The molecule has 0 aromatic carbocycles. The van der Waals surface area contributed by atoms with E-state index in [1.54, 1.807) is 21.0 Å². The van der Waals surface area contributed by atoms with E-state index in [1.807, 2.05) is 0 Å². The van der Waals surface area contributed by atoms with Crippen LogP contribution < -0.4 is 5.32 Å². The van der Waals surface area contributed by atoms with Crippen molar-refractivity contribution in [2.45, 2.75) is 38.7 Å². The topological polar surface area (TPSA) is 97.5 Å². The summed E-state index contributed by atoms with van der Waals surface area (Å²) in [7, 11) is 1.57. The van der Waals surface area contributed by atoms with Gasteiger partial charge in [0, 0.05) is 39.5 Å². The van der Waals surface area contributed by atoms with Gasteiger partial charge in [-0.15, -0.1) is 0 Å². The summed E-state index contributed by atoms with van der Waals surface area (Å²) in [6, 6.07) is 0. The minimum atomic E-state index is -0.966. The van der Waals surface area contributed by atoms with Crippen LogP contribution in [0.4, 0.5) is 0 Å². The van der Waals surface area contributed by atoms with Gasteiger partial charge in [0.2, 0.25) is 11.8 Å². The van der Waals surface area contributed by atoms with E-state index in [0.29, 0.717) is 31.2 Å². The predicted molar refractivity (Wildman–Crippen MR) is 67.5 cm³/mol. The third-order valence-electron chi connectivity index (χ3n) is 2.65. The van der Waals surface area contributed by atoms with Crippen molar-refractivity contribution in [1.29, 1.82) is 0 Å². The fourth-order valence-electron chi connectivity index (χ4n) is 1.45. The Labute approximate surface area is 112 Å². The van der Waals surface area contributed by atoms with Crippen molar-refractivity contribution in [3.8, 4) is 0 Å². The average molecular weight is 271 g/mol. The fourth-order valence-corrected chi connectivity index (χ4v) is 1.45. The molecule has 0 spiro atoms. The molecule has 19 heavy (non-hydrogen) atoms. The highest BCUT2D eigenvalue weighted by molar-refractivity contribution is 5.76. The number of hydrogen-bond donors (Lipinski definition) is 2. The molecule has 1 aromatic heterocycles. The molecule has 0 saturated carbocycles. The highest BCUT2D eigenvalue weighted by Gasteiger charge is 2.20. The molecule has 0 aliphatic carbocycles. The second-order valence-corrected chi connectivity index (χ2v) is 4.75. The first-order chi connectivity index (χ1) is 8.93. The number of amides is 1. The molecule has 7 heteroatoms. The van der Waals surface area contributed by atoms with Crippen LogP contribution >= 0.6 is 0 Å². The van der Waals surface area contributed by atoms with Crippen molar-refractivity contribution in [2.75, 3.05) is 20.3 Å². The third-order valence-corrected chi connectivity index (χ3v) is 2.65. The molecule has 1 amide bonds. The lowest BCUT2D eigenvalue weighted by molar-refractivity contribution is -0.122. The molecule has 1 atom stereocenters. The van der Waals surface area contributed by atoms with Crippen LogP contribution in [0.5, 0.6) is 0 Å². The van der Waals surface area contributed by atoms with E-state index in [0.717, 1.165) is 0 Å². The van der Waals surface area contributed by atoms with Gasteiger partial charge in [0.15, 0.2) is 5.82 Å². The lowest BCUT2D eigenvalue weighted by atomic mass is 10.0. The van der Waals surface area contributed by atoms with Gasteiger partial charge >= 0.3 is 0 Å². The number of aromatic nitrogens is 2. The molecular weight excluding hydrogens is 250 g/mol. The average Bonchev–Trinajstić information content (AvgIpc) is 2.77. The molecule has 0 bridgehead atoms. The summed E-state index contributed by atoms with van der Waals surface area (Å²) in [4.78, 5) is 15.6. The first kappa shape index (κ1) is 15.6. The van der Waals surface area contributed by atoms with Gasteiger partial charge in [-0.05, 0) is 13.8 Å². The standard InChI is InChI=1S/C12H21N3O4/c1-9-14-11(19-15-9)5-4-10(16)13-8-12(2,17)6-7-18-3/h17H,4-8H2,1-3H3,(H,13,16). The van der Waals surface area contributed by atoms with Crippen LogP contribution in [0.2, 0.25) is 0 Å². The smallest absolute Gasteiger partial charge is 0.227 e. The lowest BCUT2D eigenvalue weighted by Crippen LogP contribution is -2.41. The number of aliphatic hydroxyl groups is 1. The molecule has 7 nitrogen and oxygen atoms in total. The van der Waals surface area contributed by atoms with E-state index in [1.165, 1.54) is 0 Å². The number of ether oxygens (including phenoxy) is 1. The number of nitrogens with zero attached hydrogens (tertiary/aromatic N) is 2. The summed E-state index contributed by atoms with van der Waals surface area (Å²) in [5.41, 5.74) is -0.966. The Morgan fingerprint density at radius 1 is 1.58 bits per heavy atom. The summed E-state index contributed by atoms with van der Waals surface area (Å²) in [6.07, 6.45) is 1.11. The molecule has 1 rings (SSSR count). The third kappa shape index (κ3) is 6.30. The van der Waals surface area contributed by atoms with E-state index in [9.17, 15) is 9.90 Å². The van der Waals surface area contributed by atoms with E-state index in [2.05, 4.69) is 15.5 Å². The molecule has 0 fully saturated rings. The van der Waals surface area contributed by atoms with Crippen LogP contribution in [0, 0.1) is 6.92 Å². The van der Waals surface area contributed by atoms with Gasteiger partial charge in [0.1, 0.15) is 0 Å². The van der Waals surface area contributed by atoms with Crippen molar-refractivity contribution in [2.24, 2.45) is 0 Å². The molecule has 0 aliphatic rings. The minimum Gasteiger partial charge on any atom is -0.388 e. The maximum atomic E-state index is 11.6. The van der Waals surface area contributed by atoms with E-state index >= 15 is 0 Å². The second-order valence-electron chi connectivity index (χ2n) is 4.75. The highest BCUT2D eigenvalue weighted by Crippen LogP contribution is 2.07. The second kappa shape index (κ2) is 7.20. The van der Waals surface area contributed by atoms with Crippen LogP contribution in [-0.2, 0) is 16.0 Å². The largest absolute Gasteiger partial charge is 0.388 e. The number of carbonyl (C=O) groups is 1. The fraction of sp³-hybridized carbons (Fsp3) is 0.750. The van der Waals surface area contributed by atoms with Crippen molar-refractivity contribution >= 4 is 5.91 Å². The minimum absolute atomic E-state index is 0.159. The summed E-state index contributed by atoms with van der Waals surface area (Å²) < 4.78 is 9.80. The van der Waals surface area contributed by atoms with Crippen molar-refractivity contribution in [3.63, 3.8) is 0 Å². The summed E-state index contributed by atoms with van der Waals surface area (Å²) in [5.74, 6) is 0.838. The van der Waals surface area contributed by atoms with Crippen LogP contribution in [0.3, 0.4) is 0 Å². The van der Waals surface area contributed by atoms with Gasteiger partial charge < -0.3 is 19.7 Å². The summed E-state index contributed by atoms with van der Waals surface area (Å²) >= 11 is 0. The molecule has 1 aromatic rings. The van der Waals surface area contributed by atoms with E-state index in [-0.39, 0.29) is 18.9 Å². The monoisotopic (exact) mass is 271 g/mol. The number of hydrogen-bond acceptors (Lipinski definition) is 6. The Hall–Kier alpha value is -1.47. The van der Waals surface area contributed by atoms with Gasteiger partial charge in [-0.2, -0.15) is 4.98 Å². The quantitative estimate of drug-likeness (QED) is 0.701. The number of nitrogens with one attached hydrogen (secondary N) is 1. The highest BCUT2D eigenvalue weighted by atomic mass is 16.5. The molecule has 1 unspecified atom stereocenters. The zero-order valence-corrected chi connectivity index (χ0v) is 11.6. The number of methoxy groups -OCH3 is 1. The van der Waals surface area contributed by atoms with Crippen molar-refractivity contribution in [3.05, 3.63) is 11.7 Å². The van der Waals surface area contributed by atoms with E-state index < -0.39 is 5.60 Å². The van der Waals surface area contributed by atoms with Gasteiger partial charge in [-0.3, -0.25) is 4.79 Å². The Kier molecular flexibility index (Phi) is 5.91. The molecule has 108 valence electrons. The zero-order valence-electron chi connectivity index (χ0n) is 11.6. The van der Waals surface area contributed by atoms with Gasteiger partial charge in [-0.1, -0.05) is 5.16 Å². The maximum Gasteiger partial charge on any atom is 0.227 e. The maximum absolute atomic E-state index is 11.6. The van der Waals surface area contributed by atoms with Gasteiger partial charge in [0.25, 0.3) is 0 Å². The summed E-state index contributed by atoms with van der Waals surface area (Å²) in [6.45, 7) is 4.02. The Bertz CT molecular complexity index is 403. The Morgan fingerprint density at radius 2 is 2.32 bits per heavy atom. The Morgan fingerprint density at radius 3 is 2.89 bits per heavy atom. The number of aryl methyl sites for hydroxylation is 2. The molecular formula is C12H21N3O4. The molecule has 0 aliphatic heterocycles. The van der Waals surface area contributed by atoms with Crippen LogP contribution in [0.15, 0.2) is 4.52 Å². The zero-order chi connectivity index (χ0) is 14.3. The Balaban J connectivity index is 2.24. The SMILES string of the molecule is COCCC(C)(O)CNC(=O)CCc1nc(C)no1. The molecule has 1 heterocycles. The van der Waals surface area contributed by atoms with Crippen LogP contribution in [0.25, 0.3) is 0 Å². The molecule has 0 radical (unpaired) electrons. The van der Waals surface area contributed by atoms with Gasteiger partial charge in [-0.25, -0.2) is 0 Å². The number of rotatable bonds is 8. The van der Waals surface area contributed by atoms with Crippen LogP contribution in [0.1, 0.15) is 31.5 Å². The van der Waals surface area contributed by atoms with E-state index in [4.69, 9.17) is 9.26 Å². The molecule has 0 saturated heterocycles. The molecule has 2 N–H and O–H groups in total. The van der Waals surface area contributed by atoms with Crippen molar-refractivity contribution < 1.29 is 19.2 Å². The van der Waals surface area contributed by atoms with Gasteiger partial charge in [0.05, 0.1) is 5.60 Å². The number of carbonyl (C=O) groups excluding carboxylic acids is 1. The lowest BCUT2D eigenvalue weighted by Gasteiger charge is -2.23. The van der Waals surface area contributed by atoms with Crippen LogP contribution in [-0.4, -0.2) is 47.0 Å². The summed E-state index contributed by atoms with van der Waals surface area (Å²) in [5, 5.41) is 16.3. The van der Waals surface area contributed by atoms with Crippen molar-refractivity contribution in [1.82, 2.24) is 15.5 Å². The first-order valence-electron chi connectivity index (χ1n) is 6.20. The predicted octanol–water partition coefficient (Wildman–Crippen LogP) is 0.214.